The first-order valence-corrected chi connectivity index (χ1v) is 3.27. The molecule has 1 rings (SSSR count). The summed E-state index contributed by atoms with van der Waals surface area (Å²) in [6.45, 7) is 0. The summed E-state index contributed by atoms with van der Waals surface area (Å²) in [6.07, 6.45) is 0. The molecule has 12 heavy (non-hydrogen) atoms. The van der Waals surface area contributed by atoms with Gasteiger partial charge < -0.3 is 4.74 Å². The number of aromatic nitrogens is 3. The molecule has 0 spiro atoms. The Morgan fingerprint density at radius 3 is 2.67 bits per heavy atom. The Hall–Kier alpha value is -0.170. The minimum atomic E-state index is -0.500. The number of nitrogens with zero attached hydrogens (tertiary/aromatic N) is 2. The number of nitrogens with one attached hydrogen (secondary N) is 1. The Kier molecular flexibility index (Phi) is 4.69. The smallest absolute Gasteiger partial charge is 0.376 e. The third kappa shape index (κ3) is 2.16. The zero-order valence-corrected chi connectivity index (χ0v) is 9.94. The van der Waals surface area contributed by atoms with E-state index in [9.17, 15) is 4.79 Å². The molecule has 1 N–H and O–H groups in total. The number of carbonyl (C=O) groups excluding carboxylic acids is 1. The summed E-state index contributed by atoms with van der Waals surface area (Å²) in [5.41, 5.74) is 0. The van der Waals surface area contributed by atoms with E-state index in [1.165, 1.54) is 11.7 Å². The Morgan fingerprint density at radius 2 is 2.33 bits per heavy atom. The van der Waals surface area contributed by atoms with E-state index in [1.54, 1.807) is 7.05 Å². The Bertz CT molecular complexity index is 332. The van der Waals surface area contributed by atoms with E-state index in [4.69, 9.17) is 12.2 Å². The van der Waals surface area contributed by atoms with Crippen LogP contribution in [0.4, 0.5) is 0 Å². The maximum Gasteiger partial charge on any atom is 0.376 e. The zero-order valence-electron chi connectivity index (χ0n) is 7.12. The van der Waals surface area contributed by atoms with Crippen LogP contribution in [-0.4, -0.2) is 57.4 Å². The summed E-state index contributed by atoms with van der Waals surface area (Å²) >= 11 is 4.78. The van der Waals surface area contributed by atoms with Gasteiger partial charge in [-0.2, -0.15) is 0 Å². The van der Waals surface area contributed by atoms with Crippen molar-refractivity contribution in [3.8, 4) is 0 Å². The minimum absolute atomic E-state index is 0. The average molecular weight is 196 g/mol. The van der Waals surface area contributed by atoms with Gasteiger partial charge in [0.25, 0.3) is 0 Å². The van der Waals surface area contributed by atoms with Gasteiger partial charge >= 0.3 is 5.97 Å². The second kappa shape index (κ2) is 4.76. The second-order valence-corrected chi connectivity index (χ2v) is 2.29. The number of rotatable bonds is 1. The van der Waals surface area contributed by atoms with Gasteiger partial charge in [0.1, 0.15) is 0 Å². The van der Waals surface area contributed by atoms with E-state index in [0.29, 0.717) is 4.77 Å². The predicted molar refractivity (Wildman–Crippen MR) is 45.5 cm³/mol. The molecule has 0 saturated heterocycles. The molecule has 0 aliphatic heterocycles. The van der Waals surface area contributed by atoms with Crippen LogP contribution in [0.1, 0.15) is 10.6 Å². The van der Waals surface area contributed by atoms with Gasteiger partial charge in [-0.25, -0.2) is 4.79 Å². The van der Waals surface area contributed by atoms with E-state index in [2.05, 4.69) is 14.9 Å². The topological polar surface area (TPSA) is 59.9 Å². The molecule has 1 aromatic heterocycles. The number of carbonyl (C=O) groups is 1. The molecular formula is C5H7N3NaO2S. The summed E-state index contributed by atoms with van der Waals surface area (Å²) in [6, 6.07) is 0. The number of esters is 1. The summed E-state index contributed by atoms with van der Waals surface area (Å²) in [7, 11) is 2.93. The van der Waals surface area contributed by atoms with Crippen molar-refractivity contribution in [3.63, 3.8) is 0 Å². The maximum atomic E-state index is 10.9. The number of methoxy groups -OCH3 is 1. The van der Waals surface area contributed by atoms with Gasteiger partial charge in [-0.15, -0.1) is 5.10 Å². The maximum absolute atomic E-state index is 10.9. The number of aromatic amines is 1. The fourth-order valence-corrected chi connectivity index (χ4v) is 0.753. The summed E-state index contributed by atoms with van der Waals surface area (Å²) in [4.78, 5) is 10.9. The van der Waals surface area contributed by atoms with Gasteiger partial charge in [-0.1, -0.05) is 0 Å². The van der Waals surface area contributed by atoms with Gasteiger partial charge in [-0.3, -0.25) is 9.67 Å². The first-order valence-electron chi connectivity index (χ1n) is 2.86. The Labute approximate surface area is 96.4 Å². The third-order valence-corrected chi connectivity index (χ3v) is 1.61. The van der Waals surface area contributed by atoms with Gasteiger partial charge in [0.05, 0.1) is 7.11 Å². The fraction of sp³-hybridized carbons (Fsp3) is 0.400. The molecule has 5 nitrogen and oxygen atoms in total. The molecule has 0 unspecified atom stereocenters. The summed E-state index contributed by atoms with van der Waals surface area (Å²) in [5.74, 6) is -0.322. The third-order valence-electron chi connectivity index (χ3n) is 1.25. The zero-order chi connectivity index (χ0) is 8.43. The Balaban J connectivity index is 0.00000121. The fourth-order valence-electron chi connectivity index (χ4n) is 0.621. The van der Waals surface area contributed by atoms with E-state index >= 15 is 0 Å². The summed E-state index contributed by atoms with van der Waals surface area (Å²) < 4.78 is 6.28. The number of hydrogen-bond acceptors (Lipinski definition) is 4. The molecule has 1 radical (unpaired) electrons. The van der Waals surface area contributed by atoms with Crippen LogP contribution in [0.15, 0.2) is 0 Å². The van der Waals surface area contributed by atoms with Gasteiger partial charge in [0, 0.05) is 36.6 Å². The van der Waals surface area contributed by atoms with Gasteiger partial charge in [0.2, 0.25) is 5.82 Å². The molecule has 0 amide bonds. The molecule has 1 aromatic rings. The van der Waals surface area contributed by atoms with Crippen LogP contribution in [0.3, 0.4) is 0 Å². The first kappa shape index (κ1) is 11.8. The van der Waals surface area contributed by atoms with Crippen LogP contribution >= 0.6 is 12.2 Å². The molecular weight excluding hydrogens is 189 g/mol. The standard InChI is InChI=1S/C5H7N3O2S.Na/c1-8-3(4(9)10-2)6-7-5(8)11;/h1-2H3,(H,7,11);. The van der Waals surface area contributed by atoms with E-state index in [0.717, 1.165) is 0 Å². The van der Waals surface area contributed by atoms with Gasteiger partial charge in [0.15, 0.2) is 4.77 Å². The molecule has 0 bridgehead atoms. The van der Waals surface area contributed by atoms with E-state index < -0.39 is 5.97 Å². The van der Waals surface area contributed by atoms with Crippen molar-refractivity contribution in [1.82, 2.24) is 14.8 Å². The predicted octanol–water partition coefficient (Wildman–Crippen LogP) is -0.117. The molecule has 0 aliphatic carbocycles. The number of ether oxygens (including phenoxy) is 1. The van der Waals surface area contributed by atoms with Crippen molar-refractivity contribution in [2.75, 3.05) is 7.11 Å². The average Bonchev–Trinajstić information content (AvgIpc) is 2.32. The molecule has 61 valence electrons. The van der Waals surface area contributed by atoms with Crippen molar-refractivity contribution in [1.29, 1.82) is 0 Å². The van der Waals surface area contributed by atoms with Crippen molar-refractivity contribution in [3.05, 3.63) is 10.6 Å². The largest absolute Gasteiger partial charge is 0.463 e. The van der Waals surface area contributed by atoms with Crippen molar-refractivity contribution in [2.24, 2.45) is 7.05 Å². The number of hydrogen-bond donors (Lipinski definition) is 1. The summed E-state index contributed by atoms with van der Waals surface area (Å²) in [5, 5.41) is 6.12. The monoisotopic (exact) mass is 196 g/mol. The van der Waals surface area contributed by atoms with Crippen LogP contribution in [0.2, 0.25) is 0 Å². The molecule has 0 aliphatic rings. The minimum Gasteiger partial charge on any atom is -0.463 e. The van der Waals surface area contributed by atoms with Crippen LogP contribution in [0.25, 0.3) is 0 Å². The van der Waals surface area contributed by atoms with Gasteiger partial charge in [-0.05, 0) is 12.2 Å². The van der Waals surface area contributed by atoms with Crippen molar-refractivity contribution >= 4 is 47.7 Å². The second-order valence-electron chi connectivity index (χ2n) is 1.90. The van der Waals surface area contributed by atoms with Crippen LogP contribution in [0.5, 0.6) is 0 Å². The SMILES string of the molecule is COC(=O)c1n[nH]c(=S)n1C.[Na]. The first-order chi connectivity index (χ1) is 5.16. The van der Waals surface area contributed by atoms with E-state index in [1.807, 2.05) is 0 Å². The number of H-pyrrole nitrogens is 1. The van der Waals surface area contributed by atoms with Crippen molar-refractivity contribution in [2.45, 2.75) is 0 Å². The molecule has 1 heterocycles. The molecule has 0 aromatic carbocycles. The quantitative estimate of drug-likeness (QED) is 0.386. The molecule has 0 saturated carbocycles. The normalized spacial score (nSPS) is 8.83. The Morgan fingerprint density at radius 1 is 1.75 bits per heavy atom. The molecule has 7 heteroatoms. The molecule has 0 atom stereocenters. The molecule has 0 fully saturated rings. The van der Waals surface area contributed by atoms with Crippen LogP contribution in [-0.2, 0) is 11.8 Å². The van der Waals surface area contributed by atoms with E-state index in [-0.39, 0.29) is 35.4 Å². The van der Waals surface area contributed by atoms with Crippen LogP contribution in [0, 0.1) is 4.77 Å². The van der Waals surface area contributed by atoms with Crippen LogP contribution < -0.4 is 0 Å². The van der Waals surface area contributed by atoms with Crippen molar-refractivity contribution < 1.29 is 9.53 Å².